The summed E-state index contributed by atoms with van der Waals surface area (Å²) < 4.78 is 96.5. The summed E-state index contributed by atoms with van der Waals surface area (Å²) in [5, 5.41) is 41.7. The molecule has 23 rings (SSSR count). The van der Waals surface area contributed by atoms with E-state index in [1.165, 1.54) is 64.1 Å². The van der Waals surface area contributed by atoms with Crippen molar-refractivity contribution in [1.29, 1.82) is 0 Å². The van der Waals surface area contributed by atoms with E-state index in [2.05, 4.69) is 86.6 Å². The molecule has 8 aromatic heterocycles. The first-order valence-corrected chi connectivity index (χ1v) is 49.4. The molecule has 6 aliphatic heterocycles. The van der Waals surface area contributed by atoms with Gasteiger partial charge in [0, 0.05) is 222 Å². The van der Waals surface area contributed by atoms with Gasteiger partial charge < -0.3 is 49.3 Å². The number of hydrogen-bond donors (Lipinski definition) is 6. The largest absolute Gasteiger partial charge is 0.421 e. The van der Waals surface area contributed by atoms with E-state index in [4.69, 9.17) is 28.6 Å². The van der Waals surface area contributed by atoms with Gasteiger partial charge in [0.25, 0.3) is 17.7 Å². The maximum atomic E-state index is 15.1. The van der Waals surface area contributed by atoms with E-state index >= 15 is 13.2 Å². The van der Waals surface area contributed by atoms with E-state index in [1.807, 2.05) is 93.6 Å². The van der Waals surface area contributed by atoms with Crippen LogP contribution in [0.25, 0.3) is 118 Å². The van der Waals surface area contributed by atoms with Gasteiger partial charge >= 0.3 is 0 Å². The van der Waals surface area contributed by atoms with Crippen LogP contribution in [0.1, 0.15) is 110 Å². The van der Waals surface area contributed by atoms with Crippen molar-refractivity contribution < 1.29 is 69.3 Å². The first-order chi connectivity index (χ1) is 72.4. The number of halogens is 5. The summed E-state index contributed by atoms with van der Waals surface area (Å²) in [6, 6.07) is 41.7. The molecule has 0 bridgehead atoms. The van der Waals surface area contributed by atoms with Gasteiger partial charge in [0.05, 0.1) is 58.8 Å². The fraction of sp³-hybridized carbons (Fsp3) is 0.312. The number of H-pyrrole nitrogens is 3. The molecule has 6 amide bonds. The molecule has 0 unspecified atom stereocenters. The Labute approximate surface area is 850 Å². The molecule has 3 saturated heterocycles. The zero-order valence-corrected chi connectivity index (χ0v) is 81.9. The van der Waals surface area contributed by atoms with E-state index in [0.717, 1.165) is 104 Å². The number of ether oxygens (including phenoxy) is 3. The summed E-state index contributed by atoms with van der Waals surface area (Å²) in [6.07, 6.45) is 22.4. The number of rotatable bonds is 26. The highest BCUT2D eigenvalue weighted by molar-refractivity contribution is 6.05. The molecule has 0 radical (unpaired) electrons. The number of carbonyl (C=O) groups excluding carboxylic acids is 6. The Morgan fingerprint density at radius 2 is 0.785 bits per heavy atom. The number of anilines is 3. The number of likely N-dealkylation sites (tertiary alicyclic amines) is 3. The van der Waals surface area contributed by atoms with Crippen molar-refractivity contribution in [3.05, 3.63) is 270 Å². The predicted octanol–water partition coefficient (Wildman–Crippen LogP) is 15.0. The molecule has 15 aromatic rings. The first-order valence-electron chi connectivity index (χ1n) is 49.4. The van der Waals surface area contributed by atoms with Crippen LogP contribution in [0.3, 0.4) is 0 Å². The number of aromatic nitrogens is 16. The average Bonchev–Trinajstić information content (AvgIpc) is 1.46. The molecular formula is C109H104F5N25O10. The molecule has 35 nitrogen and oxygen atoms in total. The van der Waals surface area contributed by atoms with Gasteiger partial charge in [-0.15, -0.1) is 10.2 Å². The molecule has 149 heavy (non-hydrogen) atoms. The number of aryl methyl sites for hydroxylation is 1. The number of benzene rings is 7. The monoisotopic (exact) mass is 2020 g/mol. The Morgan fingerprint density at radius 1 is 0.403 bits per heavy atom. The molecule has 2 aliphatic carbocycles. The topological polar surface area (TPSA) is 414 Å². The van der Waals surface area contributed by atoms with Gasteiger partial charge in [0.2, 0.25) is 29.5 Å². The lowest BCUT2D eigenvalue weighted by Gasteiger charge is -2.30. The average molecular weight is 2020 g/mol. The molecule has 14 heterocycles. The number of amides is 6. The maximum Gasteiger partial charge on any atom is 0.258 e. The fourth-order valence-electron chi connectivity index (χ4n) is 20.0. The lowest BCUT2D eigenvalue weighted by atomic mass is 9.97. The lowest BCUT2D eigenvalue weighted by Crippen LogP contribution is -2.48. The molecule has 7 aromatic carbocycles. The van der Waals surface area contributed by atoms with E-state index in [-0.39, 0.29) is 116 Å². The second kappa shape index (κ2) is 42.4. The number of nitrogens with zero attached hydrogens (tertiary/aromatic N) is 19. The molecule has 3 atom stereocenters. The smallest absolute Gasteiger partial charge is 0.258 e. The van der Waals surface area contributed by atoms with Crippen molar-refractivity contribution in [2.24, 2.45) is 0 Å². The molecule has 8 aliphatic rings. The van der Waals surface area contributed by atoms with Gasteiger partial charge in [0.1, 0.15) is 52.1 Å². The Hall–Kier alpha value is -16.1. The van der Waals surface area contributed by atoms with Gasteiger partial charge in [-0.3, -0.25) is 58.8 Å². The minimum atomic E-state index is -1.15. The number of carbonyl (C=O) groups is 6. The molecular weight excluding hydrogens is 1910 g/mol. The first kappa shape index (κ1) is 98.9. The van der Waals surface area contributed by atoms with Crippen LogP contribution in [0, 0.1) is 36.0 Å². The summed E-state index contributed by atoms with van der Waals surface area (Å²) in [4.78, 5) is 127. The fourth-order valence-corrected chi connectivity index (χ4v) is 20.0. The molecule has 2 saturated carbocycles. The molecule has 6 N–H and O–H groups in total. The Morgan fingerprint density at radius 3 is 1.19 bits per heavy atom. The number of fused-ring (bicyclic) bond motifs is 3. The summed E-state index contributed by atoms with van der Waals surface area (Å²) >= 11 is 0. The highest BCUT2D eigenvalue weighted by atomic mass is 19.1. The van der Waals surface area contributed by atoms with Crippen molar-refractivity contribution in [1.82, 2.24) is 110 Å². The van der Waals surface area contributed by atoms with Crippen molar-refractivity contribution in [2.75, 3.05) is 135 Å². The van der Waals surface area contributed by atoms with Gasteiger partial charge in [-0.1, -0.05) is 36.4 Å². The second-order valence-electron chi connectivity index (χ2n) is 38.4. The van der Waals surface area contributed by atoms with Crippen LogP contribution in [-0.2, 0) is 43.0 Å². The third-order valence-corrected chi connectivity index (χ3v) is 28.8. The quantitative estimate of drug-likeness (QED) is 0.0274. The molecule has 40 heteroatoms. The third-order valence-electron chi connectivity index (χ3n) is 28.8. The van der Waals surface area contributed by atoms with E-state index in [0.29, 0.717) is 176 Å². The van der Waals surface area contributed by atoms with E-state index < -0.39 is 34.3 Å². The van der Waals surface area contributed by atoms with Gasteiger partial charge in [0.15, 0.2) is 28.5 Å². The number of aromatic amines is 3. The lowest BCUT2D eigenvalue weighted by molar-refractivity contribution is -0.138. The number of nitrogens with one attached hydrogen (secondary N) is 6. The molecule has 0 spiro atoms. The summed E-state index contributed by atoms with van der Waals surface area (Å²) in [7, 11) is 4.54. The molecule has 5 fully saturated rings. The van der Waals surface area contributed by atoms with Crippen LogP contribution in [0.15, 0.2) is 211 Å². The van der Waals surface area contributed by atoms with Crippen LogP contribution in [0.2, 0.25) is 0 Å². The SMILES string of the molecule is CO[C@@]1(C(=O)Nc2ccc3[nH]nc(-c4ccc(F)cc4)c3c2)CCN(CC(=O)N2CC=C(c3ccc(-c4nnc(C)o4)cc3F)CC2)C1.CO[C@@]1(C(=O)Nc2ccc3[nH]nc(-c4ccnc(C5CC5)n4)c3c2)CCN(CC(=O)N2CC=C(c3cc(F)c(-c4ncccn4)cc3F)CC2)C1.CO[C@@]1(C(=O)Nc2ccc3[nH]nc(-c4ccnc(C5CC5)n4)c3c2)CCN(CC(=O)N2CC=C(c3ccc(-c4ncccn4)cc3F)CC2)C1. The predicted molar refractivity (Wildman–Crippen MR) is 545 cm³/mol. The van der Waals surface area contributed by atoms with E-state index in [9.17, 15) is 37.5 Å². The van der Waals surface area contributed by atoms with Crippen molar-refractivity contribution in [2.45, 2.75) is 99.8 Å². The summed E-state index contributed by atoms with van der Waals surface area (Å²) in [6.45, 7) is 6.67. The minimum absolute atomic E-state index is 0.00900. The van der Waals surface area contributed by atoms with Crippen molar-refractivity contribution >= 4 is 102 Å². The van der Waals surface area contributed by atoms with Gasteiger partial charge in [-0.25, -0.2) is 61.8 Å². The van der Waals surface area contributed by atoms with E-state index in [1.54, 1.807) is 101 Å². The Balaban J connectivity index is 0.000000131. The summed E-state index contributed by atoms with van der Waals surface area (Å²) in [5.41, 5.74) is 9.64. The maximum absolute atomic E-state index is 15.1. The van der Waals surface area contributed by atoms with Gasteiger partial charge in [-0.2, -0.15) is 15.3 Å². The van der Waals surface area contributed by atoms with Crippen LogP contribution >= 0.6 is 0 Å². The zero-order chi connectivity index (χ0) is 103. The normalized spacial score (nSPS) is 19.1. The van der Waals surface area contributed by atoms with Gasteiger partial charge in [-0.05, 0) is 214 Å². The highest BCUT2D eigenvalue weighted by Gasteiger charge is 2.49. The minimum Gasteiger partial charge on any atom is -0.421 e. The van der Waals surface area contributed by atoms with Crippen LogP contribution in [0.4, 0.5) is 39.0 Å². The highest BCUT2D eigenvalue weighted by Crippen LogP contribution is 2.43. The number of methoxy groups -OCH3 is 3. The third kappa shape index (κ3) is 21.3. The number of hydrogen-bond acceptors (Lipinski definition) is 26. The Bertz CT molecular complexity index is 7750. The summed E-state index contributed by atoms with van der Waals surface area (Å²) in [5.74, 6) is 0.372. The van der Waals surface area contributed by atoms with Crippen LogP contribution < -0.4 is 16.0 Å². The Kier molecular flexibility index (Phi) is 28.1. The second-order valence-corrected chi connectivity index (χ2v) is 38.4. The van der Waals surface area contributed by atoms with Crippen molar-refractivity contribution in [3.63, 3.8) is 0 Å². The standard InChI is InChI=1S/C37H35F2N9O3.C37H36FN9O3.C35H33F2N7O4/c1-51-37(36(50)43-24-5-6-30-27(17-24)33(46-45-30)31-7-13-42-34(44-31)23-3-4-23)10-16-47(21-37)20-32(49)48-14-8-22(9-15-48)25-18-29(39)26(19-28(25)38)35-40-11-2-12-41-35;1-50-37(36(49)42-26-6-8-30-28(20-26)33(45-44-30)31-9-15-41-35(43-31)24-3-4-24)12-18-46(22-37)21-32(48)47-16-10-23(11-17-47)27-7-5-25(19-29(27)38)34-39-13-2-14-40-34;1-21-39-42-33(48-21)24-5-9-27(29(37)17-24)22-11-14-44(15-12-22)31(45)19-43-16-13-35(20-43,47-2)34(46)38-26-8-10-30-28(18-26)32(41-40-30)23-3-6-25(36)7-4-23/h2,5-8,11-13,17-19,23H,3-4,9-10,14-16,20-21H2,1H3,(H,43,50)(H,45,46);2,5-10,13-15,19-20,24H,3-4,11-12,16-18,21-22H2,1H3,(H,42,49)(H,44,45);3-11,17-18H,12-16,19-20H2,1-2H3,(H,38,46)(H,40,41)/t2*37-;35-/m000/s1. The zero-order valence-electron chi connectivity index (χ0n) is 81.9. The van der Waals surface area contributed by atoms with Crippen LogP contribution in [-0.4, -0.2) is 282 Å². The molecule has 760 valence electrons. The van der Waals surface area contributed by atoms with Crippen LogP contribution in [0.5, 0.6) is 0 Å². The van der Waals surface area contributed by atoms with Crippen molar-refractivity contribution in [3.8, 4) is 68.3 Å².